The molecule has 0 aliphatic heterocycles. The Kier molecular flexibility index (Phi) is 3.53. The molecular weight excluding hydrogens is 210 g/mol. The molecule has 0 fully saturated rings. The third-order valence-corrected chi connectivity index (χ3v) is 1.80. The zero-order chi connectivity index (χ0) is 10.6. The van der Waals surface area contributed by atoms with Gasteiger partial charge in [-0.15, -0.1) is 0 Å². The summed E-state index contributed by atoms with van der Waals surface area (Å²) in [7, 11) is 0. The van der Waals surface area contributed by atoms with Crippen molar-refractivity contribution in [3.05, 3.63) is 23.1 Å². The standard InChI is InChI=1S/C8H8ClNO4/c9-7-2-1-5(14-7)3-6(8(12)13)10-4-11/h1-2,4,6H,3H2,(H,10,11)(H,12,13). The van der Waals surface area contributed by atoms with Crippen LogP contribution in [0.2, 0.25) is 5.22 Å². The molecule has 0 spiro atoms. The summed E-state index contributed by atoms with van der Waals surface area (Å²) in [6.07, 6.45) is 0.407. The number of hydrogen-bond acceptors (Lipinski definition) is 3. The number of aliphatic carboxylic acids is 1. The maximum Gasteiger partial charge on any atom is 0.326 e. The van der Waals surface area contributed by atoms with Gasteiger partial charge in [0, 0.05) is 6.42 Å². The zero-order valence-corrected chi connectivity index (χ0v) is 7.82. The number of halogens is 1. The number of rotatable bonds is 5. The van der Waals surface area contributed by atoms with Gasteiger partial charge in [0.25, 0.3) is 0 Å². The molecular formula is C8H8ClNO4. The topological polar surface area (TPSA) is 79.5 Å². The number of carboxylic acids is 1. The van der Waals surface area contributed by atoms with Crippen LogP contribution in [0.1, 0.15) is 5.76 Å². The van der Waals surface area contributed by atoms with Crippen molar-refractivity contribution in [1.29, 1.82) is 0 Å². The van der Waals surface area contributed by atoms with Crippen LogP contribution in [0.25, 0.3) is 0 Å². The first-order valence-corrected chi connectivity index (χ1v) is 4.18. The predicted octanol–water partition coefficient (Wildman–Crippen LogP) is 0.675. The Morgan fingerprint density at radius 1 is 1.71 bits per heavy atom. The fourth-order valence-corrected chi connectivity index (χ4v) is 1.12. The van der Waals surface area contributed by atoms with E-state index >= 15 is 0 Å². The Balaban J connectivity index is 2.64. The second-order valence-corrected chi connectivity index (χ2v) is 2.96. The first kappa shape index (κ1) is 10.6. The van der Waals surface area contributed by atoms with Crippen molar-refractivity contribution in [3.63, 3.8) is 0 Å². The van der Waals surface area contributed by atoms with Crippen LogP contribution in [-0.2, 0) is 16.0 Å². The molecule has 0 saturated carbocycles. The predicted molar refractivity (Wildman–Crippen MR) is 48.0 cm³/mol. The number of furan rings is 1. The molecule has 1 aromatic heterocycles. The quantitative estimate of drug-likeness (QED) is 0.711. The number of hydrogen-bond donors (Lipinski definition) is 2. The summed E-state index contributed by atoms with van der Waals surface area (Å²) < 4.78 is 4.96. The fraction of sp³-hybridized carbons (Fsp3) is 0.250. The van der Waals surface area contributed by atoms with Gasteiger partial charge in [0.15, 0.2) is 5.22 Å². The summed E-state index contributed by atoms with van der Waals surface area (Å²) in [5.41, 5.74) is 0. The van der Waals surface area contributed by atoms with Crippen LogP contribution in [0, 0.1) is 0 Å². The second-order valence-electron chi connectivity index (χ2n) is 2.59. The molecule has 14 heavy (non-hydrogen) atoms. The van der Waals surface area contributed by atoms with Gasteiger partial charge in [-0.1, -0.05) is 0 Å². The molecule has 0 saturated heterocycles. The van der Waals surface area contributed by atoms with E-state index in [1.165, 1.54) is 6.07 Å². The molecule has 0 aliphatic rings. The number of carboxylic acid groups (broad SMARTS) is 1. The van der Waals surface area contributed by atoms with Crippen molar-refractivity contribution < 1.29 is 19.1 Å². The summed E-state index contributed by atoms with van der Waals surface area (Å²) in [6, 6.07) is 2.08. The molecule has 0 radical (unpaired) electrons. The molecule has 76 valence electrons. The summed E-state index contributed by atoms with van der Waals surface area (Å²) in [5.74, 6) is -0.707. The molecule has 1 heterocycles. The van der Waals surface area contributed by atoms with Gasteiger partial charge in [0.2, 0.25) is 6.41 Å². The van der Waals surface area contributed by atoms with E-state index in [2.05, 4.69) is 5.32 Å². The van der Waals surface area contributed by atoms with Gasteiger partial charge in [-0.05, 0) is 23.7 Å². The van der Waals surface area contributed by atoms with E-state index < -0.39 is 12.0 Å². The van der Waals surface area contributed by atoms with E-state index in [1.807, 2.05) is 0 Å². The van der Waals surface area contributed by atoms with E-state index in [4.69, 9.17) is 21.1 Å². The van der Waals surface area contributed by atoms with Crippen molar-refractivity contribution in [3.8, 4) is 0 Å². The Hall–Kier alpha value is -1.49. The first-order chi connectivity index (χ1) is 6.63. The third-order valence-electron chi connectivity index (χ3n) is 1.60. The summed E-state index contributed by atoms with van der Waals surface area (Å²) >= 11 is 5.50. The smallest absolute Gasteiger partial charge is 0.326 e. The lowest BCUT2D eigenvalue weighted by Crippen LogP contribution is -2.37. The number of amides is 1. The highest BCUT2D eigenvalue weighted by Crippen LogP contribution is 2.14. The van der Waals surface area contributed by atoms with Crippen molar-refractivity contribution in [2.45, 2.75) is 12.5 Å². The average Bonchev–Trinajstić information content (AvgIpc) is 2.50. The van der Waals surface area contributed by atoms with Gasteiger partial charge in [-0.2, -0.15) is 0 Å². The molecule has 1 atom stereocenters. The van der Waals surface area contributed by atoms with Crippen LogP contribution >= 0.6 is 11.6 Å². The molecule has 1 amide bonds. The van der Waals surface area contributed by atoms with Crippen LogP contribution in [0.5, 0.6) is 0 Å². The summed E-state index contributed by atoms with van der Waals surface area (Å²) in [4.78, 5) is 20.7. The molecule has 2 N–H and O–H groups in total. The van der Waals surface area contributed by atoms with E-state index in [0.29, 0.717) is 12.2 Å². The first-order valence-electron chi connectivity index (χ1n) is 3.80. The highest BCUT2D eigenvalue weighted by molar-refractivity contribution is 6.28. The second kappa shape index (κ2) is 4.66. The molecule has 0 aromatic carbocycles. The Bertz CT molecular complexity index is 336. The fourth-order valence-electron chi connectivity index (χ4n) is 0.962. The number of carbonyl (C=O) groups excluding carboxylic acids is 1. The SMILES string of the molecule is O=CNC(Cc1ccc(Cl)o1)C(=O)O. The van der Waals surface area contributed by atoms with Crippen LogP contribution < -0.4 is 5.32 Å². The van der Waals surface area contributed by atoms with E-state index in [1.54, 1.807) is 6.07 Å². The number of nitrogens with one attached hydrogen (secondary N) is 1. The van der Waals surface area contributed by atoms with E-state index in [-0.39, 0.29) is 11.6 Å². The lowest BCUT2D eigenvalue weighted by molar-refractivity contribution is -0.140. The molecule has 1 aromatic rings. The zero-order valence-electron chi connectivity index (χ0n) is 7.07. The van der Waals surface area contributed by atoms with Crippen molar-refractivity contribution >= 4 is 24.0 Å². The Labute approximate surface area is 84.7 Å². The highest BCUT2D eigenvalue weighted by Gasteiger charge is 2.18. The molecule has 6 heteroatoms. The molecule has 5 nitrogen and oxygen atoms in total. The molecule has 0 bridgehead atoms. The monoisotopic (exact) mass is 217 g/mol. The average molecular weight is 218 g/mol. The minimum Gasteiger partial charge on any atom is -0.480 e. The van der Waals surface area contributed by atoms with Gasteiger partial charge < -0.3 is 14.8 Å². The molecule has 1 rings (SSSR count). The van der Waals surface area contributed by atoms with Gasteiger partial charge in [-0.25, -0.2) is 4.79 Å². The molecule has 1 unspecified atom stereocenters. The normalized spacial score (nSPS) is 12.1. The lowest BCUT2D eigenvalue weighted by atomic mass is 10.2. The summed E-state index contributed by atoms with van der Waals surface area (Å²) in [5, 5.41) is 11.0. The summed E-state index contributed by atoms with van der Waals surface area (Å²) in [6.45, 7) is 0. The maximum atomic E-state index is 10.6. The van der Waals surface area contributed by atoms with Crippen molar-refractivity contribution in [2.75, 3.05) is 0 Å². The Morgan fingerprint density at radius 2 is 2.43 bits per heavy atom. The highest BCUT2D eigenvalue weighted by atomic mass is 35.5. The van der Waals surface area contributed by atoms with Crippen molar-refractivity contribution in [2.24, 2.45) is 0 Å². The van der Waals surface area contributed by atoms with Gasteiger partial charge in [-0.3, -0.25) is 4.79 Å². The minimum absolute atomic E-state index is 0.0702. The maximum absolute atomic E-state index is 10.6. The van der Waals surface area contributed by atoms with Crippen LogP contribution in [0.4, 0.5) is 0 Å². The van der Waals surface area contributed by atoms with Gasteiger partial charge in [0.05, 0.1) is 0 Å². The van der Waals surface area contributed by atoms with E-state index in [9.17, 15) is 9.59 Å². The molecule has 0 aliphatic carbocycles. The van der Waals surface area contributed by atoms with Gasteiger partial charge >= 0.3 is 5.97 Å². The lowest BCUT2D eigenvalue weighted by Gasteiger charge is -2.08. The van der Waals surface area contributed by atoms with Gasteiger partial charge in [0.1, 0.15) is 11.8 Å². The Morgan fingerprint density at radius 3 is 2.86 bits per heavy atom. The van der Waals surface area contributed by atoms with Crippen LogP contribution in [0.3, 0.4) is 0 Å². The van der Waals surface area contributed by atoms with Crippen molar-refractivity contribution in [1.82, 2.24) is 5.32 Å². The largest absolute Gasteiger partial charge is 0.480 e. The van der Waals surface area contributed by atoms with E-state index in [0.717, 1.165) is 0 Å². The third kappa shape index (κ3) is 2.77. The van der Waals surface area contributed by atoms with Crippen LogP contribution in [0.15, 0.2) is 16.5 Å². The minimum atomic E-state index is -1.12. The van der Waals surface area contributed by atoms with Crippen LogP contribution in [-0.4, -0.2) is 23.5 Å². The number of carbonyl (C=O) groups is 2.